The molecule has 0 aromatic rings. The van der Waals surface area contributed by atoms with Crippen molar-refractivity contribution >= 4 is 12.1 Å². The molecule has 5 heteroatoms. The summed E-state index contributed by atoms with van der Waals surface area (Å²) in [4.78, 5) is 22.6. The quantitative estimate of drug-likeness (QED) is 0.261. The van der Waals surface area contributed by atoms with Gasteiger partial charge in [-0.15, -0.1) is 0 Å². The van der Waals surface area contributed by atoms with Gasteiger partial charge >= 0.3 is 12.1 Å². The molecule has 1 amide bonds. The fourth-order valence-electron chi connectivity index (χ4n) is 2.89. The van der Waals surface area contributed by atoms with Crippen LogP contribution in [0.1, 0.15) is 104 Å². The van der Waals surface area contributed by atoms with E-state index in [-0.39, 0.29) is 0 Å². The fourth-order valence-corrected chi connectivity index (χ4v) is 2.89. The van der Waals surface area contributed by atoms with Gasteiger partial charge in [0.1, 0.15) is 6.04 Å². The van der Waals surface area contributed by atoms with E-state index in [1.165, 1.54) is 84.2 Å². The standard InChI is InChI=1S/C21H41NO4/c1-4-5-6-7-8-9-10-11-12-13-14-15-16-17-18-26-20(23)19(2)22-21(24)25-3/h19H,4-18H2,1-3H3,(H,22,24). The number of alkyl carbamates (subject to hydrolysis) is 1. The van der Waals surface area contributed by atoms with Crippen LogP contribution in [0.3, 0.4) is 0 Å². The second kappa shape index (κ2) is 18.5. The van der Waals surface area contributed by atoms with Crippen LogP contribution in [-0.2, 0) is 14.3 Å². The summed E-state index contributed by atoms with van der Waals surface area (Å²) < 4.78 is 9.59. The molecule has 1 atom stereocenters. The number of rotatable bonds is 17. The van der Waals surface area contributed by atoms with Gasteiger partial charge in [0.15, 0.2) is 0 Å². The summed E-state index contributed by atoms with van der Waals surface area (Å²) in [6.45, 7) is 4.27. The number of unbranched alkanes of at least 4 members (excludes halogenated alkanes) is 13. The molecule has 0 aliphatic rings. The number of methoxy groups -OCH3 is 1. The molecule has 0 aromatic carbocycles. The summed E-state index contributed by atoms with van der Waals surface area (Å²) in [7, 11) is 1.27. The van der Waals surface area contributed by atoms with Crippen LogP contribution in [0.15, 0.2) is 0 Å². The molecule has 0 spiro atoms. The first-order chi connectivity index (χ1) is 12.6. The molecule has 0 aromatic heterocycles. The van der Waals surface area contributed by atoms with E-state index in [0.29, 0.717) is 6.61 Å². The molecule has 0 heterocycles. The zero-order valence-electron chi connectivity index (χ0n) is 17.3. The molecular weight excluding hydrogens is 330 g/mol. The van der Waals surface area contributed by atoms with Crippen molar-refractivity contribution in [2.75, 3.05) is 13.7 Å². The number of esters is 1. The first-order valence-corrected chi connectivity index (χ1v) is 10.6. The van der Waals surface area contributed by atoms with Crippen LogP contribution in [0.25, 0.3) is 0 Å². The lowest BCUT2D eigenvalue weighted by atomic mass is 10.0. The predicted octanol–water partition coefficient (Wildman–Crippen LogP) is 5.76. The highest BCUT2D eigenvalue weighted by molar-refractivity contribution is 5.80. The van der Waals surface area contributed by atoms with E-state index in [1.54, 1.807) is 6.92 Å². The van der Waals surface area contributed by atoms with Crippen LogP contribution in [0.4, 0.5) is 4.79 Å². The summed E-state index contributed by atoms with van der Waals surface area (Å²) >= 11 is 0. The number of carbonyl (C=O) groups excluding carboxylic acids is 2. The Morgan fingerprint density at radius 3 is 1.62 bits per heavy atom. The van der Waals surface area contributed by atoms with Gasteiger partial charge in [-0.05, 0) is 13.3 Å². The Morgan fingerprint density at radius 1 is 0.769 bits per heavy atom. The first-order valence-electron chi connectivity index (χ1n) is 10.6. The molecule has 0 fully saturated rings. The Morgan fingerprint density at radius 2 is 1.19 bits per heavy atom. The first kappa shape index (κ1) is 24.7. The lowest BCUT2D eigenvalue weighted by Crippen LogP contribution is -2.39. The summed E-state index contributed by atoms with van der Waals surface area (Å²) in [5.41, 5.74) is 0. The molecule has 154 valence electrons. The van der Waals surface area contributed by atoms with Crippen molar-refractivity contribution in [2.45, 2.75) is 110 Å². The van der Waals surface area contributed by atoms with Gasteiger partial charge in [-0.2, -0.15) is 0 Å². The smallest absolute Gasteiger partial charge is 0.407 e. The number of carbonyl (C=O) groups is 2. The van der Waals surface area contributed by atoms with E-state index >= 15 is 0 Å². The van der Waals surface area contributed by atoms with E-state index in [1.807, 2.05) is 0 Å². The molecule has 0 radical (unpaired) electrons. The molecule has 0 rings (SSSR count). The Balaban J connectivity index is 3.26. The molecule has 5 nitrogen and oxygen atoms in total. The van der Waals surface area contributed by atoms with Crippen LogP contribution >= 0.6 is 0 Å². The topological polar surface area (TPSA) is 64.6 Å². The molecule has 0 bridgehead atoms. The van der Waals surface area contributed by atoms with E-state index in [9.17, 15) is 9.59 Å². The average Bonchev–Trinajstić information content (AvgIpc) is 2.64. The zero-order valence-corrected chi connectivity index (χ0v) is 17.3. The number of hydrogen-bond donors (Lipinski definition) is 1. The molecule has 1 unspecified atom stereocenters. The second-order valence-corrected chi connectivity index (χ2v) is 7.12. The number of ether oxygens (including phenoxy) is 2. The molecule has 0 saturated carbocycles. The van der Waals surface area contributed by atoms with E-state index in [2.05, 4.69) is 17.0 Å². The zero-order chi connectivity index (χ0) is 19.5. The second-order valence-electron chi connectivity index (χ2n) is 7.12. The van der Waals surface area contributed by atoms with Crippen molar-refractivity contribution in [2.24, 2.45) is 0 Å². The average molecular weight is 372 g/mol. The molecule has 26 heavy (non-hydrogen) atoms. The van der Waals surface area contributed by atoms with Gasteiger partial charge < -0.3 is 14.8 Å². The minimum absolute atomic E-state index is 0.412. The summed E-state index contributed by atoms with van der Waals surface area (Å²) in [5.74, 6) is -0.412. The van der Waals surface area contributed by atoms with E-state index < -0.39 is 18.1 Å². The minimum atomic E-state index is -0.672. The molecule has 0 aliphatic carbocycles. The van der Waals surface area contributed by atoms with Crippen LogP contribution in [-0.4, -0.2) is 31.8 Å². The van der Waals surface area contributed by atoms with Crippen molar-refractivity contribution in [1.82, 2.24) is 5.32 Å². The normalized spacial score (nSPS) is 11.8. The van der Waals surface area contributed by atoms with E-state index in [0.717, 1.165) is 12.8 Å². The van der Waals surface area contributed by atoms with Crippen molar-refractivity contribution in [3.63, 3.8) is 0 Å². The highest BCUT2D eigenvalue weighted by Crippen LogP contribution is 2.12. The number of amides is 1. The maximum atomic E-state index is 11.6. The van der Waals surface area contributed by atoms with Gasteiger partial charge in [-0.3, -0.25) is 0 Å². The highest BCUT2D eigenvalue weighted by Gasteiger charge is 2.16. The van der Waals surface area contributed by atoms with Gasteiger partial charge in [-0.1, -0.05) is 90.4 Å². The van der Waals surface area contributed by atoms with Crippen molar-refractivity contribution < 1.29 is 19.1 Å². The monoisotopic (exact) mass is 371 g/mol. The van der Waals surface area contributed by atoms with Crippen molar-refractivity contribution in [3.8, 4) is 0 Å². The van der Waals surface area contributed by atoms with E-state index in [4.69, 9.17) is 4.74 Å². The van der Waals surface area contributed by atoms with Gasteiger partial charge in [-0.25, -0.2) is 9.59 Å². The molecule has 1 N–H and O–H groups in total. The fraction of sp³-hybridized carbons (Fsp3) is 0.905. The Labute approximate surface area is 160 Å². The molecular formula is C21H41NO4. The summed E-state index contributed by atoms with van der Waals surface area (Å²) in [5, 5.41) is 2.40. The Hall–Kier alpha value is -1.26. The SMILES string of the molecule is CCCCCCCCCCCCCCCCOC(=O)C(C)NC(=O)OC. The Kier molecular flexibility index (Phi) is 17.6. The van der Waals surface area contributed by atoms with Crippen LogP contribution in [0.2, 0.25) is 0 Å². The lowest BCUT2D eigenvalue weighted by molar-refractivity contribution is -0.145. The maximum absolute atomic E-state index is 11.6. The number of hydrogen-bond acceptors (Lipinski definition) is 4. The summed E-state index contributed by atoms with van der Waals surface area (Å²) in [6, 6.07) is -0.672. The molecule has 0 saturated heterocycles. The van der Waals surface area contributed by atoms with Crippen LogP contribution in [0, 0.1) is 0 Å². The Bertz CT molecular complexity index is 347. The number of nitrogens with one attached hydrogen (secondary N) is 1. The maximum Gasteiger partial charge on any atom is 0.407 e. The van der Waals surface area contributed by atoms with Crippen molar-refractivity contribution in [3.05, 3.63) is 0 Å². The third-order valence-corrected chi connectivity index (χ3v) is 4.62. The third kappa shape index (κ3) is 16.2. The van der Waals surface area contributed by atoms with Crippen LogP contribution in [0.5, 0.6) is 0 Å². The lowest BCUT2D eigenvalue weighted by Gasteiger charge is -2.12. The van der Waals surface area contributed by atoms with Gasteiger partial charge in [0.25, 0.3) is 0 Å². The highest BCUT2D eigenvalue weighted by atomic mass is 16.5. The van der Waals surface area contributed by atoms with Gasteiger partial charge in [0, 0.05) is 0 Å². The van der Waals surface area contributed by atoms with Gasteiger partial charge in [0.2, 0.25) is 0 Å². The van der Waals surface area contributed by atoms with Crippen molar-refractivity contribution in [1.29, 1.82) is 0 Å². The third-order valence-electron chi connectivity index (χ3n) is 4.62. The van der Waals surface area contributed by atoms with Crippen LogP contribution < -0.4 is 5.32 Å². The predicted molar refractivity (Wildman–Crippen MR) is 106 cm³/mol. The summed E-state index contributed by atoms with van der Waals surface area (Å²) in [6.07, 6.45) is 17.6. The van der Waals surface area contributed by atoms with Gasteiger partial charge in [0.05, 0.1) is 13.7 Å². The minimum Gasteiger partial charge on any atom is -0.464 e. The largest absolute Gasteiger partial charge is 0.464 e. The molecule has 0 aliphatic heterocycles.